The van der Waals surface area contributed by atoms with E-state index in [1.165, 1.54) is 0 Å². The van der Waals surface area contributed by atoms with Crippen LogP contribution >= 0.6 is 0 Å². The molecule has 0 spiro atoms. The summed E-state index contributed by atoms with van der Waals surface area (Å²) in [5.74, 6) is 2.13. The molecule has 0 bridgehead atoms. The Morgan fingerprint density at radius 1 is 1.17 bits per heavy atom. The van der Waals surface area contributed by atoms with Crippen LogP contribution < -0.4 is 15.2 Å². The van der Waals surface area contributed by atoms with Crippen LogP contribution in [0, 0.1) is 5.92 Å². The van der Waals surface area contributed by atoms with Crippen molar-refractivity contribution in [3.05, 3.63) is 18.2 Å². The molecule has 0 aromatic heterocycles. The maximum absolute atomic E-state index is 5.82. The number of hydrogen-bond acceptors (Lipinski definition) is 4. The number of rotatable bonds is 5. The van der Waals surface area contributed by atoms with E-state index < -0.39 is 0 Å². The first-order valence-corrected chi connectivity index (χ1v) is 6.52. The minimum Gasteiger partial charge on any atom is -0.494 e. The summed E-state index contributed by atoms with van der Waals surface area (Å²) >= 11 is 0. The van der Waals surface area contributed by atoms with Crippen molar-refractivity contribution < 1.29 is 14.2 Å². The zero-order valence-corrected chi connectivity index (χ0v) is 10.9. The molecule has 1 aromatic rings. The van der Waals surface area contributed by atoms with Gasteiger partial charge >= 0.3 is 0 Å². The second-order valence-electron chi connectivity index (χ2n) is 4.54. The molecule has 1 saturated heterocycles. The zero-order chi connectivity index (χ0) is 12.8. The van der Waals surface area contributed by atoms with Crippen molar-refractivity contribution >= 4 is 5.69 Å². The van der Waals surface area contributed by atoms with Gasteiger partial charge in [-0.15, -0.1) is 0 Å². The van der Waals surface area contributed by atoms with Gasteiger partial charge in [0.1, 0.15) is 11.5 Å². The van der Waals surface area contributed by atoms with Crippen molar-refractivity contribution in [3.63, 3.8) is 0 Å². The average Bonchev–Trinajstić information content (AvgIpc) is 2.37. The monoisotopic (exact) mass is 251 g/mol. The normalized spacial score (nSPS) is 16.5. The first kappa shape index (κ1) is 13.0. The van der Waals surface area contributed by atoms with E-state index in [4.69, 9.17) is 19.9 Å². The standard InChI is InChI=1S/C14H21NO3/c1-2-17-13-7-12(15)8-14(9-13)18-10-11-3-5-16-6-4-11/h7-9,11H,2-6,10,15H2,1H3. The molecule has 0 saturated carbocycles. The summed E-state index contributed by atoms with van der Waals surface area (Å²) in [6.45, 7) is 4.98. The van der Waals surface area contributed by atoms with E-state index in [1.807, 2.05) is 25.1 Å². The summed E-state index contributed by atoms with van der Waals surface area (Å²) < 4.78 is 16.6. The van der Waals surface area contributed by atoms with Crippen LogP contribution in [0.3, 0.4) is 0 Å². The number of ether oxygens (including phenoxy) is 3. The average molecular weight is 251 g/mol. The molecular formula is C14H21NO3. The Morgan fingerprint density at radius 3 is 2.50 bits per heavy atom. The third-order valence-electron chi connectivity index (χ3n) is 3.04. The lowest BCUT2D eigenvalue weighted by Gasteiger charge is -2.22. The van der Waals surface area contributed by atoms with E-state index in [1.54, 1.807) is 0 Å². The number of anilines is 1. The minimum atomic E-state index is 0.579. The molecule has 4 nitrogen and oxygen atoms in total. The Morgan fingerprint density at radius 2 is 1.83 bits per heavy atom. The number of benzene rings is 1. The van der Waals surface area contributed by atoms with Gasteiger partial charge in [-0.2, -0.15) is 0 Å². The van der Waals surface area contributed by atoms with E-state index in [0.717, 1.165) is 44.2 Å². The lowest BCUT2D eigenvalue weighted by Crippen LogP contribution is -2.21. The predicted octanol–water partition coefficient (Wildman–Crippen LogP) is 2.47. The summed E-state index contributed by atoms with van der Waals surface area (Å²) in [5, 5.41) is 0. The van der Waals surface area contributed by atoms with Gasteiger partial charge in [0.25, 0.3) is 0 Å². The van der Waals surface area contributed by atoms with Crippen molar-refractivity contribution in [1.29, 1.82) is 0 Å². The largest absolute Gasteiger partial charge is 0.494 e. The van der Waals surface area contributed by atoms with Crippen molar-refractivity contribution in [2.24, 2.45) is 5.92 Å². The van der Waals surface area contributed by atoms with Crippen LogP contribution in [-0.4, -0.2) is 26.4 Å². The molecule has 0 amide bonds. The van der Waals surface area contributed by atoms with Crippen molar-refractivity contribution in [2.75, 3.05) is 32.2 Å². The number of nitrogen functional groups attached to an aromatic ring is 1. The third kappa shape index (κ3) is 3.81. The molecule has 1 aliphatic rings. The maximum atomic E-state index is 5.82. The third-order valence-corrected chi connectivity index (χ3v) is 3.04. The first-order valence-electron chi connectivity index (χ1n) is 6.52. The van der Waals surface area contributed by atoms with Gasteiger partial charge in [-0.3, -0.25) is 0 Å². The molecule has 1 heterocycles. The van der Waals surface area contributed by atoms with E-state index in [9.17, 15) is 0 Å². The SMILES string of the molecule is CCOc1cc(N)cc(OCC2CCOCC2)c1. The van der Waals surface area contributed by atoms with Gasteiger partial charge in [-0.1, -0.05) is 0 Å². The fourth-order valence-corrected chi connectivity index (χ4v) is 2.05. The first-order chi connectivity index (χ1) is 8.78. The van der Waals surface area contributed by atoms with Gasteiger partial charge < -0.3 is 19.9 Å². The van der Waals surface area contributed by atoms with Crippen LogP contribution in [0.1, 0.15) is 19.8 Å². The Balaban J connectivity index is 1.91. The van der Waals surface area contributed by atoms with E-state index in [-0.39, 0.29) is 0 Å². The lowest BCUT2D eigenvalue weighted by atomic mass is 10.0. The van der Waals surface area contributed by atoms with Gasteiger partial charge in [0.05, 0.1) is 13.2 Å². The minimum absolute atomic E-state index is 0.579. The molecule has 2 N–H and O–H groups in total. The molecule has 0 radical (unpaired) electrons. The van der Waals surface area contributed by atoms with Gasteiger partial charge in [0.15, 0.2) is 0 Å². The van der Waals surface area contributed by atoms with Gasteiger partial charge in [0.2, 0.25) is 0 Å². The number of hydrogen-bond donors (Lipinski definition) is 1. The fourth-order valence-electron chi connectivity index (χ4n) is 2.05. The van der Waals surface area contributed by atoms with Crippen LogP contribution in [0.15, 0.2) is 18.2 Å². The van der Waals surface area contributed by atoms with Gasteiger partial charge in [0, 0.05) is 37.1 Å². The highest BCUT2D eigenvalue weighted by atomic mass is 16.5. The summed E-state index contributed by atoms with van der Waals surface area (Å²) in [6, 6.07) is 5.53. The summed E-state index contributed by atoms with van der Waals surface area (Å²) in [5.41, 5.74) is 6.49. The zero-order valence-electron chi connectivity index (χ0n) is 10.9. The van der Waals surface area contributed by atoms with Crippen LogP contribution in [0.4, 0.5) is 5.69 Å². The maximum Gasteiger partial charge on any atom is 0.125 e. The van der Waals surface area contributed by atoms with Gasteiger partial charge in [-0.05, 0) is 25.7 Å². The predicted molar refractivity (Wildman–Crippen MR) is 71.1 cm³/mol. The molecule has 1 aromatic carbocycles. The molecule has 2 rings (SSSR count). The van der Waals surface area contributed by atoms with Gasteiger partial charge in [-0.25, -0.2) is 0 Å². The molecule has 100 valence electrons. The molecule has 1 aliphatic heterocycles. The Labute approximate surface area is 108 Å². The molecule has 4 heteroatoms. The molecule has 1 fully saturated rings. The van der Waals surface area contributed by atoms with E-state index in [0.29, 0.717) is 18.2 Å². The highest BCUT2D eigenvalue weighted by Gasteiger charge is 2.14. The van der Waals surface area contributed by atoms with Crippen molar-refractivity contribution in [3.8, 4) is 11.5 Å². The smallest absolute Gasteiger partial charge is 0.125 e. The second-order valence-corrected chi connectivity index (χ2v) is 4.54. The molecule has 18 heavy (non-hydrogen) atoms. The Kier molecular flexibility index (Phi) is 4.70. The van der Waals surface area contributed by atoms with Crippen LogP contribution in [0.2, 0.25) is 0 Å². The summed E-state index contributed by atoms with van der Waals surface area (Å²) in [7, 11) is 0. The topological polar surface area (TPSA) is 53.7 Å². The van der Waals surface area contributed by atoms with Crippen LogP contribution in [0.25, 0.3) is 0 Å². The highest BCUT2D eigenvalue weighted by molar-refractivity contribution is 5.50. The van der Waals surface area contributed by atoms with Crippen molar-refractivity contribution in [2.45, 2.75) is 19.8 Å². The van der Waals surface area contributed by atoms with Crippen LogP contribution in [0.5, 0.6) is 11.5 Å². The highest BCUT2D eigenvalue weighted by Crippen LogP contribution is 2.25. The quantitative estimate of drug-likeness (QED) is 0.817. The Hall–Kier alpha value is -1.42. The fraction of sp³-hybridized carbons (Fsp3) is 0.571. The number of nitrogens with two attached hydrogens (primary N) is 1. The second kappa shape index (κ2) is 6.50. The molecule has 0 unspecified atom stereocenters. The molecule has 0 atom stereocenters. The lowest BCUT2D eigenvalue weighted by molar-refractivity contribution is 0.0497. The summed E-state index contributed by atoms with van der Waals surface area (Å²) in [4.78, 5) is 0. The molecular weight excluding hydrogens is 230 g/mol. The Bertz CT molecular complexity index is 375. The summed E-state index contributed by atoms with van der Waals surface area (Å²) in [6.07, 6.45) is 2.14. The van der Waals surface area contributed by atoms with Crippen molar-refractivity contribution in [1.82, 2.24) is 0 Å². The van der Waals surface area contributed by atoms with E-state index in [2.05, 4.69) is 0 Å². The molecule has 0 aliphatic carbocycles. The van der Waals surface area contributed by atoms with E-state index >= 15 is 0 Å². The van der Waals surface area contributed by atoms with Crippen LogP contribution in [-0.2, 0) is 4.74 Å².